The normalized spacial score (nSPS) is 11.8. The first-order chi connectivity index (χ1) is 14.6. The molecule has 4 rings (SSSR count). The summed E-state index contributed by atoms with van der Waals surface area (Å²) in [5, 5.41) is 15.7. The molecule has 1 unspecified atom stereocenters. The van der Waals surface area contributed by atoms with Crippen LogP contribution in [0.1, 0.15) is 6.92 Å². The average molecular weight is 438 g/mol. The van der Waals surface area contributed by atoms with Crippen LogP contribution in [-0.2, 0) is 4.79 Å². The van der Waals surface area contributed by atoms with Crippen molar-refractivity contribution in [1.82, 2.24) is 15.2 Å². The predicted octanol–water partition coefficient (Wildman–Crippen LogP) is 4.96. The summed E-state index contributed by atoms with van der Waals surface area (Å²) < 4.78 is 6.04. The van der Waals surface area contributed by atoms with Gasteiger partial charge in [0.25, 0.3) is 0 Å². The summed E-state index contributed by atoms with van der Waals surface area (Å²) in [6, 6.07) is 17.1. The zero-order valence-electron chi connectivity index (χ0n) is 16.3. The van der Waals surface area contributed by atoms with Gasteiger partial charge in [-0.1, -0.05) is 41.3 Å². The van der Waals surface area contributed by atoms with Gasteiger partial charge in [-0.25, -0.2) is 0 Å². The Balaban J connectivity index is 1.41. The molecule has 0 aliphatic rings. The molecule has 2 N–H and O–H groups in total. The third-order valence-corrected chi connectivity index (χ3v) is 6.33. The van der Waals surface area contributed by atoms with Crippen molar-refractivity contribution in [2.45, 2.75) is 16.5 Å². The summed E-state index contributed by atoms with van der Waals surface area (Å²) >= 11 is 2.75. The van der Waals surface area contributed by atoms with Crippen LogP contribution in [0.5, 0.6) is 5.75 Å². The van der Waals surface area contributed by atoms with Gasteiger partial charge in [0.1, 0.15) is 5.75 Å². The van der Waals surface area contributed by atoms with Crippen molar-refractivity contribution in [1.29, 1.82) is 0 Å². The first-order valence-electron chi connectivity index (χ1n) is 9.19. The zero-order valence-corrected chi connectivity index (χ0v) is 18.0. The van der Waals surface area contributed by atoms with Gasteiger partial charge in [-0.15, -0.1) is 10.2 Å². The van der Waals surface area contributed by atoms with E-state index in [0.717, 1.165) is 28.0 Å². The van der Waals surface area contributed by atoms with Gasteiger partial charge in [-0.2, -0.15) is 0 Å². The lowest BCUT2D eigenvalue weighted by atomic mass is 10.2. The summed E-state index contributed by atoms with van der Waals surface area (Å²) in [5.41, 5.74) is 2.39. The van der Waals surface area contributed by atoms with Gasteiger partial charge in [-0.3, -0.25) is 9.78 Å². The standard InChI is InChI=1S/C21H19N5O2S2/c1-13(19(27)23-16-10-5-9-15-14(16)7-6-12-22-15)29-21-26-25-20(30-21)24-17-8-3-4-11-18(17)28-2/h3-13H,1-2H3,(H,23,27)(H,24,25). The summed E-state index contributed by atoms with van der Waals surface area (Å²) in [4.78, 5) is 17.0. The average Bonchev–Trinajstić information content (AvgIpc) is 3.21. The molecule has 7 nitrogen and oxygen atoms in total. The van der Waals surface area contributed by atoms with E-state index in [-0.39, 0.29) is 11.2 Å². The molecule has 0 bridgehead atoms. The van der Waals surface area contributed by atoms with Crippen molar-refractivity contribution >= 4 is 56.4 Å². The quantitative estimate of drug-likeness (QED) is 0.395. The van der Waals surface area contributed by atoms with Gasteiger partial charge >= 0.3 is 0 Å². The minimum atomic E-state index is -0.344. The Morgan fingerprint density at radius 2 is 1.90 bits per heavy atom. The maximum Gasteiger partial charge on any atom is 0.237 e. The number of methoxy groups -OCH3 is 1. The highest BCUT2D eigenvalue weighted by atomic mass is 32.2. The number of hydrogen-bond donors (Lipinski definition) is 2. The topological polar surface area (TPSA) is 89.0 Å². The largest absolute Gasteiger partial charge is 0.495 e. The van der Waals surface area contributed by atoms with E-state index in [2.05, 4.69) is 25.8 Å². The number of rotatable bonds is 7. The molecular weight excluding hydrogens is 418 g/mol. The highest BCUT2D eigenvalue weighted by Crippen LogP contribution is 2.33. The van der Waals surface area contributed by atoms with Crippen molar-refractivity contribution in [2.24, 2.45) is 0 Å². The molecule has 1 atom stereocenters. The van der Waals surface area contributed by atoms with Crippen LogP contribution in [0.25, 0.3) is 10.9 Å². The number of pyridine rings is 1. The van der Waals surface area contributed by atoms with E-state index in [1.54, 1.807) is 13.3 Å². The summed E-state index contributed by atoms with van der Waals surface area (Å²) in [7, 11) is 1.62. The van der Waals surface area contributed by atoms with E-state index < -0.39 is 0 Å². The second-order valence-corrected chi connectivity index (χ2v) is 8.89. The summed E-state index contributed by atoms with van der Waals surface area (Å²) in [6.45, 7) is 1.85. The molecule has 0 saturated heterocycles. The van der Waals surface area contributed by atoms with E-state index in [4.69, 9.17) is 4.74 Å². The molecule has 0 spiro atoms. The number of benzene rings is 2. The first kappa shape index (κ1) is 20.1. The van der Waals surface area contributed by atoms with Gasteiger partial charge in [0.2, 0.25) is 11.0 Å². The van der Waals surface area contributed by atoms with Crippen LogP contribution in [0.15, 0.2) is 65.1 Å². The monoisotopic (exact) mass is 437 g/mol. The van der Waals surface area contributed by atoms with Crippen LogP contribution >= 0.6 is 23.1 Å². The van der Waals surface area contributed by atoms with E-state index in [0.29, 0.717) is 9.47 Å². The molecule has 4 aromatic rings. The highest BCUT2D eigenvalue weighted by molar-refractivity contribution is 8.02. The minimum absolute atomic E-state index is 0.106. The molecule has 0 aliphatic heterocycles. The molecule has 152 valence electrons. The third kappa shape index (κ3) is 4.52. The Morgan fingerprint density at radius 3 is 2.77 bits per heavy atom. The molecule has 0 fully saturated rings. The molecule has 2 heterocycles. The maximum absolute atomic E-state index is 12.7. The second-order valence-electron chi connectivity index (χ2n) is 6.32. The van der Waals surface area contributed by atoms with Crippen molar-refractivity contribution in [3.05, 3.63) is 60.8 Å². The number of aromatic nitrogens is 3. The third-order valence-electron chi connectivity index (χ3n) is 4.31. The lowest BCUT2D eigenvalue weighted by molar-refractivity contribution is -0.115. The van der Waals surface area contributed by atoms with Crippen molar-refractivity contribution in [3.63, 3.8) is 0 Å². The van der Waals surface area contributed by atoms with Gasteiger partial charge in [0, 0.05) is 11.6 Å². The fraction of sp³-hybridized carbons (Fsp3) is 0.143. The lowest BCUT2D eigenvalue weighted by Gasteiger charge is -2.12. The van der Waals surface area contributed by atoms with Crippen molar-refractivity contribution < 1.29 is 9.53 Å². The van der Waals surface area contributed by atoms with E-state index in [1.807, 2.05) is 61.5 Å². The van der Waals surface area contributed by atoms with Crippen LogP contribution < -0.4 is 15.4 Å². The number of para-hydroxylation sites is 2. The number of thioether (sulfide) groups is 1. The first-order valence-corrected chi connectivity index (χ1v) is 10.9. The number of ether oxygens (including phenoxy) is 1. The highest BCUT2D eigenvalue weighted by Gasteiger charge is 2.18. The number of fused-ring (bicyclic) bond motifs is 1. The lowest BCUT2D eigenvalue weighted by Crippen LogP contribution is -2.22. The molecule has 0 aliphatic carbocycles. The van der Waals surface area contributed by atoms with E-state index in [9.17, 15) is 4.79 Å². The molecule has 2 aromatic carbocycles. The Hall–Kier alpha value is -3.17. The van der Waals surface area contributed by atoms with Gasteiger partial charge < -0.3 is 15.4 Å². The summed E-state index contributed by atoms with van der Waals surface area (Å²) in [5.74, 6) is 0.616. The fourth-order valence-corrected chi connectivity index (χ4v) is 4.73. The number of amides is 1. The Morgan fingerprint density at radius 1 is 1.07 bits per heavy atom. The van der Waals surface area contributed by atoms with Crippen LogP contribution in [-0.4, -0.2) is 33.4 Å². The number of carbonyl (C=O) groups excluding carboxylic acids is 1. The number of carbonyl (C=O) groups is 1. The number of anilines is 3. The zero-order chi connectivity index (χ0) is 20.9. The fourth-order valence-electron chi connectivity index (χ4n) is 2.82. The molecule has 0 radical (unpaired) electrons. The molecule has 9 heteroatoms. The van der Waals surface area contributed by atoms with E-state index in [1.165, 1.54) is 23.1 Å². The van der Waals surface area contributed by atoms with Gasteiger partial charge in [0.15, 0.2) is 4.34 Å². The Bertz CT molecular complexity index is 1180. The van der Waals surface area contributed by atoms with Crippen molar-refractivity contribution in [2.75, 3.05) is 17.7 Å². The van der Waals surface area contributed by atoms with Gasteiger partial charge in [-0.05, 0) is 43.3 Å². The second kappa shape index (κ2) is 9.10. The molecule has 1 amide bonds. The van der Waals surface area contributed by atoms with Crippen LogP contribution in [0.4, 0.5) is 16.5 Å². The molecule has 2 aromatic heterocycles. The smallest absolute Gasteiger partial charge is 0.237 e. The van der Waals surface area contributed by atoms with Crippen LogP contribution in [0.2, 0.25) is 0 Å². The maximum atomic E-state index is 12.7. The minimum Gasteiger partial charge on any atom is -0.495 e. The van der Waals surface area contributed by atoms with Crippen molar-refractivity contribution in [3.8, 4) is 5.75 Å². The van der Waals surface area contributed by atoms with Crippen LogP contribution in [0.3, 0.4) is 0 Å². The number of nitrogens with zero attached hydrogens (tertiary/aromatic N) is 3. The van der Waals surface area contributed by atoms with Crippen LogP contribution in [0, 0.1) is 0 Å². The Kier molecular flexibility index (Phi) is 6.10. The summed E-state index contributed by atoms with van der Waals surface area (Å²) in [6.07, 6.45) is 1.73. The molecule has 0 saturated carbocycles. The molecular formula is C21H19N5O2S2. The molecule has 30 heavy (non-hydrogen) atoms. The van der Waals surface area contributed by atoms with E-state index >= 15 is 0 Å². The number of nitrogens with one attached hydrogen (secondary N) is 2. The van der Waals surface area contributed by atoms with Gasteiger partial charge in [0.05, 0.1) is 29.3 Å². The number of hydrogen-bond acceptors (Lipinski definition) is 8. The Labute approximate surface area is 181 Å². The SMILES string of the molecule is COc1ccccc1Nc1nnc(SC(C)C(=O)Nc2cccc3ncccc23)s1. The predicted molar refractivity (Wildman–Crippen MR) is 122 cm³/mol.